The Balaban J connectivity index is 2.50. The Kier molecular flexibility index (Phi) is 3.18. The number of rotatable bonds is 0. The monoisotopic (exact) mass is 277 g/mol. The van der Waals surface area contributed by atoms with Crippen molar-refractivity contribution >= 4 is 22.4 Å². The van der Waals surface area contributed by atoms with Crippen molar-refractivity contribution in [1.82, 2.24) is 0 Å². The van der Waals surface area contributed by atoms with Gasteiger partial charge in [-0.05, 0) is 18.2 Å². The van der Waals surface area contributed by atoms with E-state index in [0.29, 0.717) is 0 Å². The van der Waals surface area contributed by atoms with Crippen molar-refractivity contribution in [2.75, 3.05) is 11.1 Å². The van der Waals surface area contributed by atoms with Crippen LogP contribution in [0.15, 0.2) is 23.1 Å². The minimum Gasteiger partial charge on any atom is -0.325 e. The summed E-state index contributed by atoms with van der Waals surface area (Å²) >= 11 is 0. The van der Waals surface area contributed by atoms with E-state index in [9.17, 15) is 22.2 Å². The maximum absolute atomic E-state index is 12.5. The third-order valence-electron chi connectivity index (χ3n) is 2.66. The number of carbonyl (C=O) groups is 1. The Hall–Kier alpha value is -1.37. The first kappa shape index (κ1) is 13.1. The highest BCUT2D eigenvalue weighted by molar-refractivity contribution is 7.85. The van der Waals surface area contributed by atoms with Crippen molar-refractivity contribution in [2.45, 2.75) is 18.0 Å². The van der Waals surface area contributed by atoms with Crippen LogP contribution in [0.5, 0.6) is 0 Å². The lowest BCUT2D eigenvalue weighted by atomic mass is 10.1. The van der Waals surface area contributed by atoms with E-state index in [-0.39, 0.29) is 16.3 Å². The van der Waals surface area contributed by atoms with Gasteiger partial charge in [-0.2, -0.15) is 13.2 Å². The minimum atomic E-state index is -4.49. The second-order valence-corrected chi connectivity index (χ2v) is 5.58. The van der Waals surface area contributed by atoms with E-state index in [0.717, 1.165) is 18.2 Å². The van der Waals surface area contributed by atoms with Crippen LogP contribution in [0, 0.1) is 5.92 Å². The van der Waals surface area contributed by atoms with E-state index in [2.05, 4.69) is 5.32 Å². The second kappa shape index (κ2) is 4.38. The average molecular weight is 277 g/mol. The number of anilines is 1. The quantitative estimate of drug-likeness (QED) is 0.791. The molecule has 1 amide bonds. The number of carbonyl (C=O) groups excluding carboxylic acids is 1. The largest absolute Gasteiger partial charge is 0.416 e. The average Bonchev–Trinajstić information content (AvgIpc) is 2.36. The smallest absolute Gasteiger partial charge is 0.325 e. The van der Waals surface area contributed by atoms with Gasteiger partial charge in [0.2, 0.25) is 5.91 Å². The molecule has 1 aliphatic rings. The zero-order valence-corrected chi connectivity index (χ0v) is 10.2. The number of halogens is 3. The number of amides is 1. The summed E-state index contributed by atoms with van der Waals surface area (Å²) in [5.41, 5.74) is -0.884. The summed E-state index contributed by atoms with van der Waals surface area (Å²) in [6.45, 7) is 1.59. The molecule has 0 fully saturated rings. The normalized spacial score (nSPS) is 24.1. The summed E-state index contributed by atoms with van der Waals surface area (Å²) in [6.07, 6.45) is -4.49. The van der Waals surface area contributed by atoms with Crippen LogP contribution in [-0.4, -0.2) is 15.9 Å². The lowest BCUT2D eigenvalue weighted by Gasteiger charge is -2.11. The standard InChI is InChI=1S/C11H10F3NO2S/c1-6-5-18(17)9-3-2-7(11(12,13)14)4-8(9)15-10(6)16/h2-4,6H,5H2,1H3,(H,15,16). The SMILES string of the molecule is CC1CS(=O)c2ccc(C(F)(F)F)cc2NC1=O. The van der Waals surface area contributed by atoms with E-state index in [1.807, 2.05) is 0 Å². The summed E-state index contributed by atoms with van der Waals surface area (Å²) in [4.78, 5) is 11.8. The Bertz CT molecular complexity index is 528. The number of hydrogen-bond acceptors (Lipinski definition) is 2. The molecule has 1 heterocycles. The summed E-state index contributed by atoms with van der Waals surface area (Å²) in [7, 11) is -1.47. The van der Waals surface area contributed by atoms with E-state index in [1.54, 1.807) is 6.92 Å². The van der Waals surface area contributed by atoms with Crippen LogP contribution in [0.2, 0.25) is 0 Å². The van der Waals surface area contributed by atoms with Crippen molar-refractivity contribution in [2.24, 2.45) is 5.92 Å². The molecule has 2 atom stereocenters. The molecule has 98 valence electrons. The van der Waals surface area contributed by atoms with E-state index < -0.39 is 34.4 Å². The Morgan fingerprint density at radius 3 is 2.67 bits per heavy atom. The number of hydrogen-bond donors (Lipinski definition) is 1. The molecule has 0 saturated heterocycles. The highest BCUT2D eigenvalue weighted by Gasteiger charge is 2.33. The summed E-state index contributed by atoms with van der Waals surface area (Å²) in [6, 6.07) is 2.86. The van der Waals surface area contributed by atoms with Crippen LogP contribution < -0.4 is 5.32 Å². The molecule has 0 bridgehead atoms. The Morgan fingerprint density at radius 2 is 2.06 bits per heavy atom. The maximum Gasteiger partial charge on any atom is 0.416 e. The van der Waals surface area contributed by atoms with Gasteiger partial charge in [-0.1, -0.05) is 6.92 Å². The van der Waals surface area contributed by atoms with Gasteiger partial charge in [0.1, 0.15) is 0 Å². The predicted octanol–water partition coefficient (Wildman–Crippen LogP) is 2.40. The number of benzene rings is 1. The Labute approximate surface area is 104 Å². The number of nitrogens with one attached hydrogen (secondary N) is 1. The molecule has 0 radical (unpaired) electrons. The van der Waals surface area contributed by atoms with Gasteiger partial charge in [-0.15, -0.1) is 0 Å². The van der Waals surface area contributed by atoms with Gasteiger partial charge >= 0.3 is 6.18 Å². The minimum absolute atomic E-state index is 0.0162. The van der Waals surface area contributed by atoms with Gasteiger partial charge in [0.05, 0.1) is 26.9 Å². The first-order valence-corrected chi connectivity index (χ1v) is 6.51. The lowest BCUT2D eigenvalue weighted by Crippen LogP contribution is -2.21. The predicted molar refractivity (Wildman–Crippen MR) is 60.5 cm³/mol. The molecule has 3 nitrogen and oxygen atoms in total. The highest BCUT2D eigenvalue weighted by Crippen LogP contribution is 2.34. The maximum atomic E-state index is 12.5. The Morgan fingerprint density at radius 1 is 1.39 bits per heavy atom. The molecule has 2 rings (SSSR count). The molecule has 0 spiro atoms. The van der Waals surface area contributed by atoms with E-state index in [1.165, 1.54) is 0 Å². The van der Waals surface area contributed by atoms with Crippen molar-refractivity contribution in [3.8, 4) is 0 Å². The molecule has 0 aromatic heterocycles. The lowest BCUT2D eigenvalue weighted by molar-refractivity contribution is -0.137. The fourth-order valence-corrected chi connectivity index (χ4v) is 3.01. The molecule has 2 unspecified atom stereocenters. The van der Waals surface area contributed by atoms with Crippen LogP contribution in [0.1, 0.15) is 12.5 Å². The molecule has 1 aromatic carbocycles. The van der Waals surface area contributed by atoms with Gasteiger partial charge in [0.25, 0.3) is 0 Å². The molecule has 0 saturated carbocycles. The zero-order chi connectivity index (χ0) is 13.5. The molecule has 18 heavy (non-hydrogen) atoms. The fourth-order valence-electron chi connectivity index (χ4n) is 1.65. The molecule has 1 aromatic rings. The second-order valence-electron chi connectivity index (χ2n) is 4.11. The highest BCUT2D eigenvalue weighted by atomic mass is 32.2. The van der Waals surface area contributed by atoms with Gasteiger partial charge in [-0.3, -0.25) is 9.00 Å². The van der Waals surface area contributed by atoms with Gasteiger partial charge in [0, 0.05) is 11.7 Å². The van der Waals surface area contributed by atoms with Crippen LogP contribution in [0.4, 0.5) is 18.9 Å². The van der Waals surface area contributed by atoms with Crippen LogP contribution in [-0.2, 0) is 21.8 Å². The third kappa shape index (κ3) is 2.40. The van der Waals surface area contributed by atoms with Crippen LogP contribution in [0.3, 0.4) is 0 Å². The van der Waals surface area contributed by atoms with Crippen molar-refractivity contribution in [1.29, 1.82) is 0 Å². The number of alkyl halides is 3. The molecule has 1 aliphatic heterocycles. The van der Waals surface area contributed by atoms with E-state index in [4.69, 9.17) is 0 Å². The topological polar surface area (TPSA) is 46.2 Å². The summed E-state index contributed by atoms with van der Waals surface area (Å²) in [5, 5.41) is 2.38. The van der Waals surface area contributed by atoms with Crippen molar-refractivity contribution in [3.63, 3.8) is 0 Å². The number of fused-ring (bicyclic) bond motifs is 1. The van der Waals surface area contributed by atoms with Gasteiger partial charge in [0.15, 0.2) is 0 Å². The zero-order valence-electron chi connectivity index (χ0n) is 9.38. The summed E-state index contributed by atoms with van der Waals surface area (Å²) in [5.74, 6) is -0.793. The third-order valence-corrected chi connectivity index (χ3v) is 4.31. The molecule has 1 N–H and O–H groups in total. The van der Waals surface area contributed by atoms with Crippen LogP contribution in [0.25, 0.3) is 0 Å². The fraction of sp³-hybridized carbons (Fsp3) is 0.364. The van der Waals surface area contributed by atoms with Gasteiger partial charge < -0.3 is 5.32 Å². The molecular weight excluding hydrogens is 267 g/mol. The summed E-state index contributed by atoms with van der Waals surface area (Å²) < 4.78 is 49.5. The molecule has 7 heteroatoms. The first-order chi connectivity index (χ1) is 8.29. The molecule has 0 aliphatic carbocycles. The van der Waals surface area contributed by atoms with Gasteiger partial charge in [-0.25, -0.2) is 0 Å². The van der Waals surface area contributed by atoms with Crippen molar-refractivity contribution in [3.05, 3.63) is 23.8 Å². The molecular formula is C11H10F3NO2S. The van der Waals surface area contributed by atoms with E-state index >= 15 is 0 Å². The van der Waals surface area contributed by atoms with Crippen molar-refractivity contribution < 1.29 is 22.2 Å². The van der Waals surface area contributed by atoms with Crippen LogP contribution >= 0.6 is 0 Å². The first-order valence-electron chi connectivity index (χ1n) is 5.19.